The van der Waals surface area contributed by atoms with Gasteiger partial charge in [-0.2, -0.15) is 0 Å². The second-order valence-corrected chi connectivity index (χ2v) is 4.33. The average molecular weight is 195 g/mol. The lowest BCUT2D eigenvalue weighted by molar-refractivity contribution is -0.112. The lowest BCUT2D eigenvalue weighted by atomic mass is 9.90. The van der Waals surface area contributed by atoms with Crippen LogP contribution in [0.3, 0.4) is 0 Å². The van der Waals surface area contributed by atoms with Crippen LogP contribution in [0.25, 0.3) is 0 Å². The molecule has 2 aliphatic rings. The largest absolute Gasteiger partial charge is 0.378 e. The maximum Gasteiger partial charge on any atom is 0.152 e. The van der Waals surface area contributed by atoms with Crippen molar-refractivity contribution in [2.75, 3.05) is 20.3 Å². The second kappa shape index (κ2) is 3.83. The molecular formula is C11H17NO2. The number of rotatable bonds is 1. The summed E-state index contributed by atoms with van der Waals surface area (Å²) in [6.45, 7) is 3.24. The highest BCUT2D eigenvalue weighted by atomic mass is 16.5. The molecule has 0 aromatic heterocycles. The van der Waals surface area contributed by atoms with Crippen LogP contribution in [0.15, 0.2) is 11.6 Å². The lowest BCUT2D eigenvalue weighted by Crippen LogP contribution is -2.53. The van der Waals surface area contributed by atoms with Crippen molar-refractivity contribution in [3.8, 4) is 0 Å². The second-order valence-electron chi connectivity index (χ2n) is 4.33. The molecule has 2 fully saturated rings. The summed E-state index contributed by atoms with van der Waals surface area (Å²) in [5.74, 6) is 0.170. The molecular weight excluding hydrogens is 178 g/mol. The van der Waals surface area contributed by atoms with E-state index in [1.54, 1.807) is 13.0 Å². The summed E-state index contributed by atoms with van der Waals surface area (Å²) >= 11 is 0. The first kappa shape index (κ1) is 9.87. The number of carbonyl (C=O) groups excluding carboxylic acids is 1. The first-order valence-corrected chi connectivity index (χ1v) is 5.16. The summed E-state index contributed by atoms with van der Waals surface area (Å²) in [6.07, 6.45) is 3.79. The van der Waals surface area contributed by atoms with Crippen LogP contribution in [0.2, 0.25) is 0 Å². The van der Waals surface area contributed by atoms with Crippen LogP contribution in [0.5, 0.6) is 0 Å². The number of nitrogens with zero attached hydrogens (tertiary/aromatic N) is 1. The summed E-state index contributed by atoms with van der Waals surface area (Å²) in [5.41, 5.74) is 1.30. The van der Waals surface area contributed by atoms with E-state index in [-0.39, 0.29) is 5.78 Å². The van der Waals surface area contributed by atoms with Crippen LogP contribution in [0.4, 0.5) is 0 Å². The molecule has 14 heavy (non-hydrogen) atoms. The summed E-state index contributed by atoms with van der Waals surface area (Å²) < 4.78 is 5.51. The molecule has 2 aliphatic heterocycles. The van der Waals surface area contributed by atoms with Gasteiger partial charge in [0.1, 0.15) is 0 Å². The minimum absolute atomic E-state index is 0.170. The molecule has 0 amide bonds. The molecule has 2 heterocycles. The molecule has 0 aliphatic carbocycles. The highest BCUT2D eigenvalue weighted by molar-refractivity contribution is 5.88. The Morgan fingerprint density at radius 2 is 2.00 bits per heavy atom. The van der Waals surface area contributed by atoms with Crippen LogP contribution >= 0.6 is 0 Å². The molecule has 78 valence electrons. The van der Waals surface area contributed by atoms with Gasteiger partial charge >= 0.3 is 0 Å². The standard InChI is InChI=1S/C11H17NO2/c1-8(13)3-9-4-10-6-14-7-11(5-9)12(10)2/h3,10-11H,4-7H2,1-2H3. The van der Waals surface area contributed by atoms with Gasteiger partial charge in [-0.25, -0.2) is 0 Å². The maximum absolute atomic E-state index is 11.0. The number of allylic oxidation sites excluding steroid dienone is 1. The number of hydrogen-bond acceptors (Lipinski definition) is 3. The highest BCUT2D eigenvalue weighted by Gasteiger charge is 2.33. The Hall–Kier alpha value is -0.670. The Morgan fingerprint density at radius 1 is 1.43 bits per heavy atom. The smallest absolute Gasteiger partial charge is 0.152 e. The van der Waals surface area contributed by atoms with Gasteiger partial charge < -0.3 is 4.74 Å². The zero-order valence-electron chi connectivity index (χ0n) is 8.82. The zero-order valence-corrected chi connectivity index (χ0v) is 8.82. The number of ether oxygens (including phenoxy) is 1. The quantitative estimate of drug-likeness (QED) is 0.584. The summed E-state index contributed by atoms with van der Waals surface area (Å²) in [4.78, 5) is 13.4. The number of piperidine rings is 1. The third-order valence-corrected chi connectivity index (χ3v) is 3.18. The molecule has 2 saturated heterocycles. The predicted octanol–water partition coefficient (Wildman–Crippen LogP) is 0.995. The van der Waals surface area contributed by atoms with Crippen molar-refractivity contribution in [3.05, 3.63) is 11.6 Å². The van der Waals surface area contributed by atoms with Gasteiger partial charge in [0, 0.05) is 12.1 Å². The van der Waals surface area contributed by atoms with Gasteiger partial charge in [-0.1, -0.05) is 5.57 Å². The van der Waals surface area contributed by atoms with E-state index in [2.05, 4.69) is 11.9 Å². The summed E-state index contributed by atoms with van der Waals surface area (Å²) in [6, 6.07) is 0.959. The van der Waals surface area contributed by atoms with Crippen LogP contribution in [0.1, 0.15) is 19.8 Å². The van der Waals surface area contributed by atoms with Crippen molar-refractivity contribution in [1.29, 1.82) is 0 Å². The molecule has 3 nitrogen and oxygen atoms in total. The van der Waals surface area contributed by atoms with Crippen LogP contribution in [0, 0.1) is 0 Å². The Kier molecular flexibility index (Phi) is 2.70. The first-order chi connectivity index (χ1) is 6.66. The number of ketones is 1. The molecule has 0 aromatic rings. The van der Waals surface area contributed by atoms with Gasteiger partial charge in [-0.15, -0.1) is 0 Å². The SMILES string of the molecule is CC(=O)C=C1CC2COCC(C1)N2C. The predicted molar refractivity (Wildman–Crippen MR) is 54.2 cm³/mol. The minimum Gasteiger partial charge on any atom is -0.378 e. The average Bonchev–Trinajstić information content (AvgIpc) is 2.05. The van der Waals surface area contributed by atoms with Gasteiger partial charge in [0.25, 0.3) is 0 Å². The molecule has 3 heteroatoms. The summed E-state index contributed by atoms with van der Waals surface area (Å²) in [5, 5.41) is 0. The van der Waals surface area contributed by atoms with Gasteiger partial charge in [0.2, 0.25) is 0 Å². The zero-order chi connectivity index (χ0) is 10.1. The van der Waals surface area contributed by atoms with Crippen molar-refractivity contribution < 1.29 is 9.53 Å². The van der Waals surface area contributed by atoms with Crippen LogP contribution in [-0.4, -0.2) is 43.0 Å². The third kappa shape index (κ3) is 1.88. The van der Waals surface area contributed by atoms with E-state index in [1.165, 1.54) is 5.57 Å². The van der Waals surface area contributed by atoms with E-state index < -0.39 is 0 Å². The molecule has 0 spiro atoms. The fourth-order valence-corrected chi connectivity index (χ4v) is 2.37. The summed E-state index contributed by atoms with van der Waals surface area (Å²) in [7, 11) is 2.16. The van der Waals surface area contributed by atoms with E-state index in [0.717, 1.165) is 26.1 Å². The Bertz CT molecular complexity index is 256. The van der Waals surface area contributed by atoms with E-state index >= 15 is 0 Å². The van der Waals surface area contributed by atoms with Crippen molar-refractivity contribution >= 4 is 5.78 Å². The molecule has 0 radical (unpaired) electrons. The van der Waals surface area contributed by atoms with Gasteiger partial charge in [-0.3, -0.25) is 9.69 Å². The van der Waals surface area contributed by atoms with Crippen LogP contribution < -0.4 is 0 Å². The van der Waals surface area contributed by atoms with Gasteiger partial charge in [-0.05, 0) is 32.9 Å². The highest BCUT2D eigenvalue weighted by Crippen LogP contribution is 2.29. The molecule has 2 unspecified atom stereocenters. The van der Waals surface area contributed by atoms with Crippen LogP contribution in [-0.2, 0) is 9.53 Å². The Morgan fingerprint density at radius 3 is 2.50 bits per heavy atom. The van der Waals surface area contributed by atoms with E-state index in [0.29, 0.717) is 12.1 Å². The molecule has 0 N–H and O–H groups in total. The number of likely N-dealkylation sites (N-methyl/N-ethyl adjacent to an activating group) is 1. The molecule has 2 atom stereocenters. The fourth-order valence-electron chi connectivity index (χ4n) is 2.37. The number of fused-ring (bicyclic) bond motifs is 2. The molecule has 2 rings (SSSR count). The van der Waals surface area contributed by atoms with Crippen molar-refractivity contribution in [1.82, 2.24) is 4.90 Å². The number of hydrogen-bond donors (Lipinski definition) is 0. The van der Waals surface area contributed by atoms with Crippen molar-refractivity contribution in [2.45, 2.75) is 31.8 Å². The Labute approximate surface area is 84.7 Å². The van der Waals surface area contributed by atoms with E-state index in [4.69, 9.17) is 4.74 Å². The molecule has 2 bridgehead atoms. The number of morpholine rings is 1. The lowest BCUT2D eigenvalue weighted by Gasteiger charge is -2.44. The minimum atomic E-state index is 0.170. The topological polar surface area (TPSA) is 29.5 Å². The molecule has 0 aromatic carbocycles. The van der Waals surface area contributed by atoms with E-state index in [9.17, 15) is 4.79 Å². The fraction of sp³-hybridized carbons (Fsp3) is 0.727. The van der Waals surface area contributed by atoms with Gasteiger partial charge in [0.05, 0.1) is 13.2 Å². The monoisotopic (exact) mass is 195 g/mol. The normalized spacial score (nSPS) is 32.9. The van der Waals surface area contributed by atoms with Gasteiger partial charge in [0.15, 0.2) is 5.78 Å². The van der Waals surface area contributed by atoms with E-state index in [1.807, 2.05) is 0 Å². The molecule has 0 saturated carbocycles. The Balaban J connectivity index is 2.11. The third-order valence-electron chi connectivity index (χ3n) is 3.18. The first-order valence-electron chi connectivity index (χ1n) is 5.16. The van der Waals surface area contributed by atoms with Crippen molar-refractivity contribution in [2.24, 2.45) is 0 Å². The number of carbonyl (C=O) groups is 1. The van der Waals surface area contributed by atoms with Crippen molar-refractivity contribution in [3.63, 3.8) is 0 Å². The maximum atomic E-state index is 11.0.